The largest absolute Gasteiger partial charge is 0.379 e. The molecule has 0 saturated carbocycles. The van der Waals surface area contributed by atoms with Crippen molar-refractivity contribution >= 4 is 21.6 Å². The van der Waals surface area contributed by atoms with Crippen LogP contribution in [0.15, 0.2) is 41.0 Å². The highest BCUT2D eigenvalue weighted by molar-refractivity contribution is 9.10. The van der Waals surface area contributed by atoms with E-state index < -0.39 is 0 Å². The van der Waals surface area contributed by atoms with E-state index >= 15 is 0 Å². The van der Waals surface area contributed by atoms with Crippen molar-refractivity contribution in [3.8, 4) is 0 Å². The first-order valence-electron chi connectivity index (χ1n) is 5.57. The molecule has 0 aliphatic heterocycles. The number of anilines is 1. The zero-order valence-electron chi connectivity index (χ0n) is 10.00. The van der Waals surface area contributed by atoms with Crippen molar-refractivity contribution in [1.82, 2.24) is 4.98 Å². The third-order valence-corrected chi connectivity index (χ3v) is 3.20. The van der Waals surface area contributed by atoms with Gasteiger partial charge in [0.05, 0.1) is 11.4 Å². The second-order valence-corrected chi connectivity index (χ2v) is 4.99. The van der Waals surface area contributed by atoms with Crippen LogP contribution >= 0.6 is 15.9 Å². The number of halogens is 1. The number of hydrogen-bond acceptors (Lipinski definition) is 2. The number of benzene rings is 1. The van der Waals surface area contributed by atoms with Crippen LogP contribution in [0.3, 0.4) is 0 Å². The zero-order valence-corrected chi connectivity index (χ0v) is 11.6. The molecule has 2 aromatic rings. The summed E-state index contributed by atoms with van der Waals surface area (Å²) in [5.41, 5.74) is 4.65. The van der Waals surface area contributed by atoms with Crippen LogP contribution in [0.5, 0.6) is 0 Å². The predicted octanol–water partition coefficient (Wildman–Crippen LogP) is 4.07. The summed E-state index contributed by atoms with van der Waals surface area (Å²) in [4.78, 5) is 4.30. The molecule has 3 heteroatoms. The maximum atomic E-state index is 4.30. The third-order valence-electron chi connectivity index (χ3n) is 2.71. The molecular formula is C14H15BrN2. The monoisotopic (exact) mass is 290 g/mol. The van der Waals surface area contributed by atoms with E-state index in [-0.39, 0.29) is 0 Å². The molecule has 0 saturated heterocycles. The molecule has 2 rings (SSSR count). The van der Waals surface area contributed by atoms with E-state index in [2.05, 4.69) is 45.3 Å². The third kappa shape index (κ3) is 3.07. The van der Waals surface area contributed by atoms with E-state index in [0.29, 0.717) is 0 Å². The molecule has 0 bridgehead atoms. The standard InChI is InChI=1S/C14H15BrN2/c1-10-6-7-16-11(2)14(10)17-9-12-4-3-5-13(15)8-12/h3-8,17H,9H2,1-2H3. The number of nitrogens with one attached hydrogen (secondary N) is 1. The zero-order chi connectivity index (χ0) is 12.3. The molecule has 2 nitrogen and oxygen atoms in total. The van der Waals surface area contributed by atoms with Crippen molar-refractivity contribution in [2.45, 2.75) is 20.4 Å². The fraction of sp³-hybridized carbons (Fsp3) is 0.214. The van der Waals surface area contributed by atoms with E-state index in [1.54, 1.807) is 0 Å². The summed E-state index contributed by atoms with van der Waals surface area (Å²) in [6.45, 7) is 4.93. The number of pyridine rings is 1. The van der Waals surface area contributed by atoms with E-state index in [9.17, 15) is 0 Å². The number of aromatic nitrogens is 1. The van der Waals surface area contributed by atoms with E-state index in [1.165, 1.54) is 11.1 Å². The minimum atomic E-state index is 0.812. The van der Waals surface area contributed by atoms with Crippen LogP contribution in [0.4, 0.5) is 5.69 Å². The lowest BCUT2D eigenvalue weighted by Gasteiger charge is -2.11. The lowest BCUT2D eigenvalue weighted by molar-refractivity contribution is 1.09. The smallest absolute Gasteiger partial charge is 0.0606 e. The van der Waals surface area contributed by atoms with E-state index in [4.69, 9.17) is 0 Å². The first kappa shape index (κ1) is 12.1. The Morgan fingerprint density at radius 3 is 2.76 bits per heavy atom. The van der Waals surface area contributed by atoms with Crippen LogP contribution in [-0.2, 0) is 6.54 Å². The van der Waals surface area contributed by atoms with Gasteiger partial charge < -0.3 is 5.32 Å². The molecule has 0 aliphatic rings. The molecule has 0 amide bonds. The van der Waals surface area contributed by atoms with Crippen molar-refractivity contribution in [2.75, 3.05) is 5.32 Å². The molecule has 1 heterocycles. The Hall–Kier alpha value is -1.35. The first-order chi connectivity index (χ1) is 8.16. The summed E-state index contributed by atoms with van der Waals surface area (Å²) in [5, 5.41) is 3.44. The number of aryl methyl sites for hydroxylation is 2. The topological polar surface area (TPSA) is 24.9 Å². The maximum absolute atomic E-state index is 4.30. The van der Waals surface area contributed by atoms with E-state index in [1.807, 2.05) is 31.3 Å². The van der Waals surface area contributed by atoms with Crippen molar-refractivity contribution in [1.29, 1.82) is 0 Å². The molecule has 1 N–H and O–H groups in total. The SMILES string of the molecule is Cc1ccnc(C)c1NCc1cccc(Br)c1. The Bertz CT molecular complexity index is 503. The average molecular weight is 291 g/mol. The Morgan fingerprint density at radius 1 is 1.24 bits per heavy atom. The summed E-state index contributed by atoms with van der Waals surface area (Å²) < 4.78 is 1.11. The lowest BCUT2D eigenvalue weighted by atomic mass is 10.2. The molecular weight excluding hydrogens is 276 g/mol. The highest BCUT2D eigenvalue weighted by Crippen LogP contribution is 2.19. The molecule has 0 aliphatic carbocycles. The molecule has 1 aromatic carbocycles. The van der Waals surface area contributed by atoms with Crippen LogP contribution in [-0.4, -0.2) is 4.98 Å². The summed E-state index contributed by atoms with van der Waals surface area (Å²) in [6, 6.07) is 10.3. The van der Waals surface area contributed by atoms with Gasteiger partial charge in [-0.25, -0.2) is 0 Å². The molecule has 17 heavy (non-hydrogen) atoms. The highest BCUT2D eigenvalue weighted by Gasteiger charge is 2.02. The molecule has 0 spiro atoms. The molecule has 88 valence electrons. The van der Waals surface area contributed by atoms with Gasteiger partial charge in [0.1, 0.15) is 0 Å². The highest BCUT2D eigenvalue weighted by atomic mass is 79.9. The van der Waals surface area contributed by atoms with Crippen molar-refractivity contribution in [3.05, 3.63) is 57.8 Å². The van der Waals surface area contributed by atoms with Crippen LogP contribution in [0.2, 0.25) is 0 Å². The van der Waals surface area contributed by atoms with Gasteiger partial charge in [-0.15, -0.1) is 0 Å². The molecule has 1 aromatic heterocycles. The van der Waals surface area contributed by atoms with Gasteiger partial charge in [0.15, 0.2) is 0 Å². The van der Waals surface area contributed by atoms with Crippen molar-refractivity contribution in [3.63, 3.8) is 0 Å². The molecule has 0 radical (unpaired) electrons. The Balaban J connectivity index is 2.13. The first-order valence-corrected chi connectivity index (χ1v) is 6.36. The second-order valence-electron chi connectivity index (χ2n) is 4.07. The minimum absolute atomic E-state index is 0.812. The maximum Gasteiger partial charge on any atom is 0.0606 e. The predicted molar refractivity (Wildman–Crippen MR) is 75.2 cm³/mol. The summed E-state index contributed by atoms with van der Waals surface area (Å²) >= 11 is 3.48. The van der Waals surface area contributed by atoms with Crippen molar-refractivity contribution in [2.24, 2.45) is 0 Å². The van der Waals surface area contributed by atoms with Gasteiger partial charge in [-0.2, -0.15) is 0 Å². The average Bonchev–Trinajstić information content (AvgIpc) is 2.28. The van der Waals surface area contributed by atoms with Gasteiger partial charge >= 0.3 is 0 Å². The lowest BCUT2D eigenvalue weighted by Crippen LogP contribution is -2.03. The Kier molecular flexibility index (Phi) is 3.79. The summed E-state index contributed by atoms with van der Waals surface area (Å²) in [7, 11) is 0. The molecule has 0 fully saturated rings. The van der Waals surface area contributed by atoms with Gasteiger partial charge in [0.25, 0.3) is 0 Å². The quantitative estimate of drug-likeness (QED) is 0.922. The van der Waals surface area contributed by atoms with E-state index in [0.717, 1.165) is 22.4 Å². The minimum Gasteiger partial charge on any atom is -0.379 e. The van der Waals surface area contributed by atoms with Gasteiger partial charge in [0.2, 0.25) is 0 Å². The fourth-order valence-electron chi connectivity index (χ4n) is 1.80. The number of hydrogen-bond donors (Lipinski definition) is 1. The Morgan fingerprint density at radius 2 is 2.06 bits per heavy atom. The van der Waals surface area contributed by atoms with Crippen LogP contribution in [0.1, 0.15) is 16.8 Å². The van der Waals surface area contributed by atoms with Crippen LogP contribution in [0, 0.1) is 13.8 Å². The molecule has 0 atom stereocenters. The summed E-state index contributed by atoms with van der Waals surface area (Å²) in [5.74, 6) is 0. The Labute approximate surface area is 110 Å². The van der Waals surface area contributed by atoms with Gasteiger partial charge in [-0.3, -0.25) is 4.98 Å². The normalized spacial score (nSPS) is 10.3. The van der Waals surface area contributed by atoms with Gasteiger partial charge in [0, 0.05) is 17.2 Å². The number of nitrogens with zero attached hydrogens (tertiary/aromatic N) is 1. The fourth-order valence-corrected chi connectivity index (χ4v) is 2.25. The van der Waals surface area contributed by atoms with Crippen LogP contribution < -0.4 is 5.32 Å². The summed E-state index contributed by atoms with van der Waals surface area (Å²) in [6.07, 6.45) is 1.84. The van der Waals surface area contributed by atoms with Crippen molar-refractivity contribution < 1.29 is 0 Å². The van der Waals surface area contributed by atoms with Gasteiger partial charge in [-0.05, 0) is 43.2 Å². The second kappa shape index (κ2) is 5.32. The molecule has 0 unspecified atom stereocenters. The van der Waals surface area contributed by atoms with Gasteiger partial charge in [-0.1, -0.05) is 28.1 Å². The van der Waals surface area contributed by atoms with Crippen LogP contribution in [0.25, 0.3) is 0 Å². The number of rotatable bonds is 3.